The van der Waals surface area contributed by atoms with Crippen LogP contribution >= 0.6 is 22.7 Å². The third-order valence-corrected chi connectivity index (χ3v) is 7.89. The van der Waals surface area contributed by atoms with Crippen LogP contribution in [0.3, 0.4) is 0 Å². The van der Waals surface area contributed by atoms with Crippen LogP contribution < -0.4 is 19.8 Å². The van der Waals surface area contributed by atoms with Gasteiger partial charge >= 0.3 is 5.97 Å². The fourth-order valence-electron chi connectivity index (χ4n) is 4.53. The molecule has 2 aliphatic heterocycles. The van der Waals surface area contributed by atoms with E-state index in [2.05, 4.69) is 4.99 Å². The van der Waals surface area contributed by atoms with Crippen molar-refractivity contribution in [1.29, 1.82) is 0 Å². The topological polar surface area (TPSA) is 81.0 Å². The average molecular weight is 494 g/mol. The lowest BCUT2D eigenvalue weighted by atomic mass is 10.0. The SMILES string of the molecule is CCOC(=O)C1=C(C)N=c2s/c(=C3\C(=O)N(C(C)C)c4ccccc43)c(=O)n2[C@@H]1c1cccs1. The molecule has 1 aromatic carbocycles. The van der Waals surface area contributed by atoms with Crippen LogP contribution in [0.15, 0.2) is 62.8 Å². The number of rotatable bonds is 4. The molecule has 9 heteroatoms. The van der Waals surface area contributed by atoms with E-state index in [0.717, 1.165) is 16.1 Å². The van der Waals surface area contributed by atoms with Crippen molar-refractivity contribution in [3.8, 4) is 0 Å². The Kier molecular flexibility index (Phi) is 5.61. The highest BCUT2D eigenvalue weighted by Crippen LogP contribution is 2.37. The van der Waals surface area contributed by atoms with E-state index < -0.39 is 12.0 Å². The zero-order valence-electron chi connectivity index (χ0n) is 19.2. The monoisotopic (exact) mass is 493 g/mol. The average Bonchev–Trinajstić information content (AvgIpc) is 3.49. The minimum Gasteiger partial charge on any atom is -0.463 e. The van der Waals surface area contributed by atoms with Crippen LogP contribution in [0.2, 0.25) is 0 Å². The second-order valence-electron chi connectivity index (χ2n) is 8.30. The van der Waals surface area contributed by atoms with Gasteiger partial charge in [-0.05, 0) is 45.2 Å². The summed E-state index contributed by atoms with van der Waals surface area (Å²) in [6, 6.07) is 10.6. The standard InChI is InChI=1S/C25H23N3O4S2/c1-5-32-24(31)18-14(4)26-25-28(20(18)17-11-8-12-33-17)23(30)21(34-25)19-15-9-6-7-10-16(15)27(13(2)3)22(19)29/h6-13,20H,5H2,1-4H3/b21-19-/t20-/m1/s1. The van der Waals surface area contributed by atoms with E-state index in [0.29, 0.717) is 26.2 Å². The Balaban J connectivity index is 1.82. The Morgan fingerprint density at radius 2 is 1.94 bits per heavy atom. The van der Waals surface area contributed by atoms with Crippen molar-refractivity contribution >= 4 is 45.8 Å². The summed E-state index contributed by atoms with van der Waals surface area (Å²) in [6.45, 7) is 7.62. The number of aromatic nitrogens is 1. The van der Waals surface area contributed by atoms with Gasteiger partial charge in [-0.25, -0.2) is 9.79 Å². The fourth-order valence-corrected chi connectivity index (χ4v) is 6.49. The van der Waals surface area contributed by atoms with Crippen LogP contribution in [0, 0.1) is 0 Å². The van der Waals surface area contributed by atoms with Crippen LogP contribution in [0.1, 0.15) is 44.2 Å². The van der Waals surface area contributed by atoms with Crippen molar-refractivity contribution in [3.05, 3.63) is 83.2 Å². The summed E-state index contributed by atoms with van der Waals surface area (Å²) in [5.41, 5.74) is 2.44. The number of ether oxygens (including phenoxy) is 1. The molecule has 0 fully saturated rings. The predicted octanol–water partition coefficient (Wildman–Crippen LogP) is 2.99. The van der Waals surface area contributed by atoms with Gasteiger partial charge in [-0.15, -0.1) is 11.3 Å². The molecule has 3 aromatic rings. The molecule has 0 unspecified atom stereocenters. The smallest absolute Gasteiger partial charge is 0.338 e. The number of carbonyl (C=O) groups excluding carboxylic acids is 2. The van der Waals surface area contributed by atoms with Crippen LogP contribution in [-0.2, 0) is 14.3 Å². The van der Waals surface area contributed by atoms with E-state index in [1.165, 1.54) is 27.2 Å². The van der Waals surface area contributed by atoms with E-state index in [-0.39, 0.29) is 24.1 Å². The second kappa shape index (κ2) is 8.48. The second-order valence-corrected chi connectivity index (χ2v) is 10.3. The lowest BCUT2D eigenvalue weighted by molar-refractivity contribution is -0.139. The van der Waals surface area contributed by atoms with Crippen molar-refractivity contribution < 1.29 is 14.3 Å². The third kappa shape index (κ3) is 3.30. The largest absolute Gasteiger partial charge is 0.463 e. The molecule has 1 atom stereocenters. The summed E-state index contributed by atoms with van der Waals surface area (Å²) < 4.78 is 7.18. The lowest BCUT2D eigenvalue weighted by Crippen LogP contribution is -2.41. The summed E-state index contributed by atoms with van der Waals surface area (Å²) >= 11 is 2.65. The number of carbonyl (C=O) groups is 2. The molecule has 174 valence electrons. The Labute approximate surface area is 203 Å². The van der Waals surface area contributed by atoms with Gasteiger partial charge in [0.15, 0.2) is 4.80 Å². The number of amides is 1. The molecule has 0 radical (unpaired) electrons. The van der Waals surface area contributed by atoms with Crippen molar-refractivity contribution in [2.45, 2.75) is 39.8 Å². The van der Waals surface area contributed by atoms with Gasteiger partial charge in [0.05, 0.1) is 29.1 Å². The summed E-state index contributed by atoms with van der Waals surface area (Å²) in [5.74, 6) is -0.691. The van der Waals surface area contributed by atoms with Crippen molar-refractivity contribution in [1.82, 2.24) is 4.57 Å². The first kappa shape index (κ1) is 22.5. The molecule has 34 heavy (non-hydrogen) atoms. The number of anilines is 1. The molecule has 7 nitrogen and oxygen atoms in total. The first-order chi connectivity index (χ1) is 16.3. The van der Waals surface area contributed by atoms with Gasteiger partial charge in [0.1, 0.15) is 10.6 Å². The predicted molar refractivity (Wildman–Crippen MR) is 133 cm³/mol. The molecule has 0 saturated carbocycles. The molecule has 0 bridgehead atoms. The number of hydrogen-bond acceptors (Lipinski definition) is 7. The Bertz CT molecular complexity index is 1530. The molecule has 0 aliphatic carbocycles. The first-order valence-electron chi connectivity index (χ1n) is 11.0. The highest BCUT2D eigenvalue weighted by atomic mass is 32.1. The van der Waals surface area contributed by atoms with Crippen LogP contribution in [0.5, 0.6) is 0 Å². The maximum absolute atomic E-state index is 13.9. The molecule has 5 rings (SSSR count). The maximum Gasteiger partial charge on any atom is 0.338 e. The molecular weight excluding hydrogens is 470 g/mol. The number of thiophene rings is 1. The molecule has 0 saturated heterocycles. The maximum atomic E-state index is 13.9. The van der Waals surface area contributed by atoms with Crippen LogP contribution in [0.4, 0.5) is 5.69 Å². The van der Waals surface area contributed by atoms with Gasteiger partial charge in [0, 0.05) is 16.5 Å². The highest BCUT2D eigenvalue weighted by molar-refractivity contribution is 7.10. The summed E-state index contributed by atoms with van der Waals surface area (Å²) in [5, 5.41) is 1.91. The van der Waals surface area contributed by atoms with E-state index in [1.807, 2.05) is 55.6 Å². The van der Waals surface area contributed by atoms with Gasteiger partial charge in [-0.3, -0.25) is 14.2 Å². The lowest BCUT2D eigenvalue weighted by Gasteiger charge is -2.23. The summed E-state index contributed by atoms with van der Waals surface area (Å²) in [7, 11) is 0. The number of hydrogen-bond donors (Lipinski definition) is 0. The molecular formula is C25H23N3O4S2. The number of benzene rings is 1. The number of fused-ring (bicyclic) bond motifs is 2. The molecule has 0 N–H and O–H groups in total. The van der Waals surface area contributed by atoms with E-state index >= 15 is 0 Å². The van der Waals surface area contributed by atoms with E-state index in [9.17, 15) is 14.4 Å². The normalized spacial score (nSPS) is 18.8. The molecule has 1 amide bonds. The van der Waals surface area contributed by atoms with Gasteiger partial charge < -0.3 is 9.64 Å². The molecule has 2 aromatic heterocycles. The fraction of sp³-hybridized carbons (Fsp3) is 0.280. The van der Waals surface area contributed by atoms with Gasteiger partial charge in [-0.2, -0.15) is 0 Å². The zero-order valence-corrected chi connectivity index (χ0v) is 20.8. The summed E-state index contributed by atoms with van der Waals surface area (Å²) in [4.78, 5) is 48.0. The Morgan fingerprint density at radius 3 is 2.62 bits per heavy atom. The quantitative estimate of drug-likeness (QED) is 0.524. The van der Waals surface area contributed by atoms with Crippen molar-refractivity contribution in [2.24, 2.45) is 4.99 Å². The number of esters is 1. The van der Waals surface area contributed by atoms with Gasteiger partial charge in [0.25, 0.3) is 11.5 Å². The van der Waals surface area contributed by atoms with Gasteiger partial charge in [-0.1, -0.05) is 35.6 Å². The minimum absolute atomic E-state index is 0.0635. The number of nitrogens with zero attached hydrogens (tertiary/aromatic N) is 3. The first-order valence-corrected chi connectivity index (χ1v) is 12.7. The zero-order chi connectivity index (χ0) is 24.1. The van der Waals surface area contributed by atoms with E-state index in [1.54, 1.807) is 18.7 Å². The van der Waals surface area contributed by atoms with Crippen LogP contribution in [0.25, 0.3) is 5.57 Å². The van der Waals surface area contributed by atoms with Crippen molar-refractivity contribution in [3.63, 3.8) is 0 Å². The Hall–Kier alpha value is -3.30. The van der Waals surface area contributed by atoms with E-state index in [4.69, 9.17) is 4.74 Å². The third-order valence-electron chi connectivity index (χ3n) is 5.91. The molecule has 4 heterocycles. The Morgan fingerprint density at radius 1 is 1.18 bits per heavy atom. The number of thiazole rings is 1. The summed E-state index contributed by atoms with van der Waals surface area (Å²) in [6.07, 6.45) is 0. The van der Waals surface area contributed by atoms with Crippen LogP contribution in [-0.4, -0.2) is 29.1 Å². The molecule has 2 aliphatic rings. The molecule has 0 spiro atoms. The van der Waals surface area contributed by atoms with Gasteiger partial charge in [0.2, 0.25) is 0 Å². The minimum atomic E-state index is -0.655. The van der Waals surface area contributed by atoms with Crippen molar-refractivity contribution in [2.75, 3.05) is 11.5 Å². The number of allylic oxidation sites excluding steroid dienone is 1. The highest BCUT2D eigenvalue weighted by Gasteiger charge is 2.38. The number of para-hydroxylation sites is 1.